The van der Waals surface area contributed by atoms with Gasteiger partial charge >= 0.3 is 0 Å². The summed E-state index contributed by atoms with van der Waals surface area (Å²) in [5.74, 6) is 0.360. The molecule has 1 unspecified atom stereocenters. The van der Waals surface area contributed by atoms with E-state index in [-0.39, 0.29) is 23.8 Å². The van der Waals surface area contributed by atoms with Crippen LogP contribution in [-0.4, -0.2) is 21.2 Å². The summed E-state index contributed by atoms with van der Waals surface area (Å²) >= 11 is 0. The summed E-state index contributed by atoms with van der Waals surface area (Å²) in [7, 11) is 0. The van der Waals surface area contributed by atoms with Gasteiger partial charge in [0.05, 0.1) is 24.3 Å². The highest BCUT2D eigenvalue weighted by Gasteiger charge is 2.35. The van der Waals surface area contributed by atoms with Crippen molar-refractivity contribution in [1.82, 2.24) is 9.55 Å². The molecule has 2 aliphatic rings. The number of fused-ring (bicyclic) bond motifs is 1. The number of rotatable bonds is 6. The third kappa shape index (κ3) is 4.28. The maximum Gasteiger partial charge on any atom is 0.227 e. The van der Waals surface area contributed by atoms with E-state index in [2.05, 4.69) is 33.9 Å². The number of amides is 1. The number of carbonyl (C=O) groups excluding carboxylic acids is 2. The second kappa shape index (κ2) is 9.18. The molecule has 0 saturated heterocycles. The van der Waals surface area contributed by atoms with Crippen molar-refractivity contribution in [1.29, 1.82) is 0 Å². The summed E-state index contributed by atoms with van der Waals surface area (Å²) in [6, 6.07) is 19.9. The molecule has 0 spiro atoms. The smallest absolute Gasteiger partial charge is 0.227 e. The summed E-state index contributed by atoms with van der Waals surface area (Å²) < 4.78 is 2.15. The number of anilines is 1. The first-order valence-corrected chi connectivity index (χ1v) is 11.8. The maximum atomic E-state index is 13.4. The van der Waals surface area contributed by atoms with Gasteiger partial charge in [-0.1, -0.05) is 48.5 Å². The molecule has 0 radical (unpaired) electrons. The molecule has 1 aliphatic carbocycles. The van der Waals surface area contributed by atoms with Crippen LogP contribution in [0.25, 0.3) is 11.1 Å². The first-order chi connectivity index (χ1) is 16.1. The molecule has 168 valence electrons. The lowest BCUT2D eigenvalue weighted by Gasteiger charge is -2.28. The van der Waals surface area contributed by atoms with Gasteiger partial charge < -0.3 is 9.88 Å². The van der Waals surface area contributed by atoms with Crippen LogP contribution in [0.3, 0.4) is 0 Å². The van der Waals surface area contributed by atoms with Crippen molar-refractivity contribution in [2.75, 3.05) is 5.32 Å². The number of carbonyl (C=O) groups is 2. The van der Waals surface area contributed by atoms with E-state index in [1.54, 1.807) is 0 Å². The largest absolute Gasteiger partial charge is 0.326 e. The van der Waals surface area contributed by atoms with E-state index in [9.17, 15) is 9.59 Å². The van der Waals surface area contributed by atoms with Gasteiger partial charge in [0, 0.05) is 23.9 Å². The second-order valence-corrected chi connectivity index (χ2v) is 9.18. The van der Waals surface area contributed by atoms with E-state index in [4.69, 9.17) is 0 Å². The number of nitrogens with one attached hydrogen (secondary N) is 1. The highest BCUT2D eigenvalue weighted by atomic mass is 16.2. The molecule has 1 fully saturated rings. The average molecular weight is 440 g/mol. The number of allylic oxidation sites excluding steroid dienone is 2. The highest BCUT2D eigenvalue weighted by molar-refractivity contribution is 5.96. The number of benzene rings is 2. The molecule has 5 heteroatoms. The zero-order chi connectivity index (χ0) is 22.8. The topological polar surface area (TPSA) is 64.0 Å². The first kappa shape index (κ1) is 21.4. The summed E-state index contributed by atoms with van der Waals surface area (Å²) in [4.78, 5) is 30.4. The quantitative estimate of drug-likeness (QED) is 0.530. The number of para-hydroxylation sites is 1. The molecule has 3 aromatic rings. The number of Topliss-reactive ketones (excluding diaryl/α,β-unsaturated/α-hetero) is 1. The Balaban J connectivity index is 1.24. The summed E-state index contributed by atoms with van der Waals surface area (Å²) in [6.07, 6.45) is 7.28. The molecule has 2 aromatic carbocycles. The predicted molar refractivity (Wildman–Crippen MR) is 130 cm³/mol. The lowest BCUT2D eigenvalue weighted by atomic mass is 9.78. The number of imidazole rings is 1. The first-order valence-electron chi connectivity index (χ1n) is 11.8. The SMILES string of the molecule is CC1=C(c2ccccc2)C(CC(=O)[C@H]2CC[C@H](C(=O)Nc3ccccc3)CC2)n2cncc21. The summed E-state index contributed by atoms with van der Waals surface area (Å²) in [5, 5.41) is 3.01. The summed E-state index contributed by atoms with van der Waals surface area (Å²) in [5.41, 5.74) is 5.49. The Kier molecular flexibility index (Phi) is 5.95. The summed E-state index contributed by atoms with van der Waals surface area (Å²) in [6.45, 7) is 2.12. The molecule has 0 bridgehead atoms. The van der Waals surface area contributed by atoms with Crippen molar-refractivity contribution in [3.05, 3.63) is 84.4 Å². The molecule has 1 saturated carbocycles. The molecule has 33 heavy (non-hydrogen) atoms. The number of nitrogens with zero attached hydrogens (tertiary/aromatic N) is 2. The Morgan fingerprint density at radius 1 is 0.939 bits per heavy atom. The van der Waals surface area contributed by atoms with Gasteiger partial charge in [-0.25, -0.2) is 4.98 Å². The van der Waals surface area contributed by atoms with Gasteiger partial charge in [0.1, 0.15) is 5.78 Å². The van der Waals surface area contributed by atoms with Crippen molar-refractivity contribution in [2.45, 2.75) is 45.1 Å². The molecule has 1 atom stereocenters. The van der Waals surface area contributed by atoms with E-state index < -0.39 is 0 Å². The van der Waals surface area contributed by atoms with E-state index in [0.717, 1.165) is 42.6 Å². The van der Waals surface area contributed by atoms with Crippen LogP contribution in [0, 0.1) is 11.8 Å². The van der Waals surface area contributed by atoms with Crippen molar-refractivity contribution < 1.29 is 9.59 Å². The van der Waals surface area contributed by atoms with E-state index >= 15 is 0 Å². The van der Waals surface area contributed by atoms with Gasteiger partial charge in [-0.05, 0) is 61.4 Å². The van der Waals surface area contributed by atoms with Crippen LogP contribution in [0.2, 0.25) is 0 Å². The normalized spacial score (nSPS) is 22.2. The van der Waals surface area contributed by atoms with Crippen LogP contribution >= 0.6 is 0 Å². The molecule has 2 heterocycles. The molecule has 5 rings (SSSR count). The fourth-order valence-corrected chi connectivity index (χ4v) is 5.40. The Morgan fingerprint density at radius 2 is 1.58 bits per heavy atom. The fraction of sp³-hybridized carbons (Fsp3) is 0.321. The van der Waals surface area contributed by atoms with Crippen molar-refractivity contribution in [3.63, 3.8) is 0 Å². The Hall–Kier alpha value is -3.47. The molecule has 5 nitrogen and oxygen atoms in total. The third-order valence-corrected chi connectivity index (χ3v) is 7.20. The average Bonchev–Trinajstić information content (AvgIpc) is 3.43. The second-order valence-electron chi connectivity index (χ2n) is 9.18. The Morgan fingerprint density at radius 3 is 2.27 bits per heavy atom. The lowest BCUT2D eigenvalue weighted by molar-refractivity contribution is -0.127. The van der Waals surface area contributed by atoms with Crippen LogP contribution in [0.5, 0.6) is 0 Å². The third-order valence-electron chi connectivity index (χ3n) is 7.20. The predicted octanol–water partition coefficient (Wildman–Crippen LogP) is 5.77. The van der Waals surface area contributed by atoms with Crippen molar-refractivity contribution in [2.24, 2.45) is 11.8 Å². The van der Waals surface area contributed by atoms with Crippen LogP contribution in [0.4, 0.5) is 5.69 Å². The monoisotopic (exact) mass is 439 g/mol. The van der Waals surface area contributed by atoms with Crippen LogP contribution in [0.15, 0.2) is 73.2 Å². The minimum atomic E-state index is -0.0250. The molecule has 1 aliphatic heterocycles. The fourth-order valence-electron chi connectivity index (χ4n) is 5.40. The van der Waals surface area contributed by atoms with E-state index in [1.807, 2.05) is 61.1 Å². The number of ketones is 1. The van der Waals surface area contributed by atoms with Gasteiger partial charge in [-0.3, -0.25) is 9.59 Å². The number of hydrogen-bond donors (Lipinski definition) is 1. The van der Waals surface area contributed by atoms with Gasteiger partial charge in [0.2, 0.25) is 5.91 Å². The van der Waals surface area contributed by atoms with E-state index in [1.165, 1.54) is 11.1 Å². The van der Waals surface area contributed by atoms with E-state index in [0.29, 0.717) is 12.2 Å². The van der Waals surface area contributed by atoms with Gasteiger partial charge in [-0.2, -0.15) is 0 Å². The zero-order valence-corrected chi connectivity index (χ0v) is 18.9. The minimum Gasteiger partial charge on any atom is -0.326 e. The number of aromatic nitrogens is 2. The molecule has 1 aromatic heterocycles. The molecular formula is C28H29N3O2. The zero-order valence-electron chi connectivity index (χ0n) is 18.9. The highest BCUT2D eigenvalue weighted by Crippen LogP contribution is 2.44. The van der Waals surface area contributed by atoms with Crippen molar-refractivity contribution in [3.8, 4) is 0 Å². The van der Waals surface area contributed by atoms with Gasteiger partial charge in [0.25, 0.3) is 0 Å². The van der Waals surface area contributed by atoms with Gasteiger partial charge in [0.15, 0.2) is 0 Å². The Bertz CT molecular complexity index is 1170. The standard InChI is InChI=1S/C28H29N3O2/c1-19-25-17-29-18-31(25)24(27(19)21-8-4-2-5-9-21)16-26(32)20-12-14-22(15-13-20)28(33)30-23-10-6-3-7-11-23/h2-11,17-18,20,22,24H,12-16H2,1H3,(H,30,33)/t20-,22-,24?. The van der Waals surface area contributed by atoms with Crippen molar-refractivity contribution >= 4 is 28.5 Å². The van der Waals surface area contributed by atoms with Gasteiger partial charge in [-0.15, -0.1) is 0 Å². The molecular weight excluding hydrogens is 410 g/mol. The minimum absolute atomic E-state index is 0.0171. The maximum absolute atomic E-state index is 13.4. The van der Waals surface area contributed by atoms with Crippen LogP contribution in [-0.2, 0) is 9.59 Å². The van der Waals surface area contributed by atoms with Crippen LogP contribution in [0.1, 0.15) is 56.3 Å². The molecule has 1 N–H and O–H groups in total. The Labute approximate surface area is 194 Å². The molecule has 1 amide bonds. The number of hydrogen-bond acceptors (Lipinski definition) is 3. The van der Waals surface area contributed by atoms with Crippen LogP contribution < -0.4 is 5.32 Å². The lowest BCUT2D eigenvalue weighted by Crippen LogP contribution is -2.30.